The van der Waals surface area contributed by atoms with E-state index < -0.39 is 0 Å². The molecular weight excluding hydrogens is 278 g/mol. The van der Waals surface area contributed by atoms with Crippen LogP contribution in [-0.4, -0.2) is 40.5 Å². The summed E-state index contributed by atoms with van der Waals surface area (Å²) in [6.07, 6.45) is 1.30. The normalized spacial score (nSPS) is 19.3. The molecule has 0 aliphatic carbocycles. The van der Waals surface area contributed by atoms with Crippen LogP contribution >= 0.6 is 11.3 Å². The van der Waals surface area contributed by atoms with Crippen LogP contribution in [0.3, 0.4) is 0 Å². The number of oxazole rings is 1. The second-order valence-corrected chi connectivity index (χ2v) is 5.71. The van der Waals surface area contributed by atoms with Crippen molar-refractivity contribution in [3.8, 4) is 0 Å². The Hall–Kier alpha value is -1.73. The van der Waals surface area contributed by atoms with Gasteiger partial charge in [-0.15, -0.1) is 11.3 Å². The van der Waals surface area contributed by atoms with Crippen molar-refractivity contribution >= 4 is 17.2 Å². The van der Waals surface area contributed by atoms with Gasteiger partial charge < -0.3 is 14.1 Å². The molecule has 1 aliphatic rings. The molecule has 0 N–H and O–H groups in total. The summed E-state index contributed by atoms with van der Waals surface area (Å²) in [7, 11) is 0. The number of morpholine rings is 1. The van der Waals surface area contributed by atoms with Crippen LogP contribution in [0.4, 0.5) is 0 Å². The third-order valence-corrected chi connectivity index (χ3v) is 4.10. The van der Waals surface area contributed by atoms with Crippen LogP contribution in [0, 0.1) is 13.8 Å². The number of hydrogen-bond donors (Lipinski definition) is 0. The Balaban J connectivity index is 1.89. The Morgan fingerprint density at radius 1 is 1.50 bits per heavy atom. The molecule has 1 atom stereocenters. The molecule has 20 heavy (non-hydrogen) atoms. The number of rotatable bonds is 2. The van der Waals surface area contributed by atoms with Gasteiger partial charge in [-0.1, -0.05) is 0 Å². The second kappa shape index (κ2) is 5.34. The number of nitrogens with zero attached hydrogens (tertiary/aromatic N) is 3. The number of thiazole rings is 1. The fourth-order valence-corrected chi connectivity index (χ4v) is 2.92. The number of ether oxygens (including phenoxy) is 1. The van der Waals surface area contributed by atoms with Gasteiger partial charge in [-0.25, -0.2) is 9.97 Å². The summed E-state index contributed by atoms with van der Waals surface area (Å²) in [5.74, 6) is 0.141. The van der Waals surface area contributed by atoms with Crippen LogP contribution in [0.1, 0.15) is 33.0 Å². The summed E-state index contributed by atoms with van der Waals surface area (Å²) in [6, 6.07) is -0.161. The van der Waals surface area contributed by atoms with Gasteiger partial charge in [-0.2, -0.15) is 0 Å². The highest BCUT2D eigenvalue weighted by Gasteiger charge is 2.33. The van der Waals surface area contributed by atoms with E-state index in [2.05, 4.69) is 9.97 Å². The van der Waals surface area contributed by atoms with Gasteiger partial charge >= 0.3 is 0 Å². The third kappa shape index (κ3) is 2.34. The van der Waals surface area contributed by atoms with Crippen LogP contribution in [0.2, 0.25) is 0 Å². The van der Waals surface area contributed by atoms with Gasteiger partial charge in [0.25, 0.3) is 5.91 Å². The topological polar surface area (TPSA) is 68.5 Å². The number of carbonyl (C=O) groups is 1. The molecule has 106 valence electrons. The molecule has 0 saturated carbocycles. The summed E-state index contributed by atoms with van der Waals surface area (Å²) < 4.78 is 10.7. The molecule has 2 aromatic rings. The average molecular weight is 293 g/mol. The van der Waals surface area contributed by atoms with Crippen LogP contribution < -0.4 is 0 Å². The van der Waals surface area contributed by atoms with E-state index in [0.717, 1.165) is 10.7 Å². The van der Waals surface area contributed by atoms with Gasteiger partial charge in [0.1, 0.15) is 0 Å². The lowest BCUT2D eigenvalue weighted by atomic mass is 10.1. The van der Waals surface area contributed by atoms with Crippen molar-refractivity contribution in [1.29, 1.82) is 0 Å². The fourth-order valence-electron chi connectivity index (χ4n) is 2.26. The zero-order valence-corrected chi connectivity index (χ0v) is 12.1. The number of amides is 1. The average Bonchev–Trinajstić information content (AvgIpc) is 3.07. The van der Waals surface area contributed by atoms with Gasteiger partial charge in [-0.05, 0) is 13.8 Å². The van der Waals surface area contributed by atoms with E-state index in [4.69, 9.17) is 9.15 Å². The molecule has 1 aliphatic heterocycles. The minimum absolute atomic E-state index is 0.154. The lowest BCUT2D eigenvalue weighted by molar-refractivity contribution is -0.00536. The number of aromatic nitrogens is 2. The Kier molecular flexibility index (Phi) is 3.54. The SMILES string of the molecule is Cc1nc(C2COCCN2C(=O)c2ocnc2C)cs1. The Labute approximate surface area is 120 Å². The first-order valence-electron chi connectivity index (χ1n) is 6.37. The molecule has 1 saturated heterocycles. The predicted molar refractivity (Wildman–Crippen MR) is 72.7 cm³/mol. The molecule has 0 bridgehead atoms. The van der Waals surface area contributed by atoms with Gasteiger partial charge in [0.2, 0.25) is 5.76 Å². The molecule has 3 rings (SSSR count). The van der Waals surface area contributed by atoms with Crippen molar-refractivity contribution < 1.29 is 13.9 Å². The molecular formula is C13H15N3O3S. The fraction of sp³-hybridized carbons (Fsp3) is 0.462. The van der Waals surface area contributed by atoms with Gasteiger partial charge in [0.05, 0.1) is 35.7 Å². The van der Waals surface area contributed by atoms with Crippen molar-refractivity contribution in [3.05, 3.63) is 33.9 Å². The van der Waals surface area contributed by atoms with E-state index in [9.17, 15) is 4.79 Å². The number of hydrogen-bond acceptors (Lipinski definition) is 6. The number of aryl methyl sites for hydroxylation is 2. The minimum atomic E-state index is -0.161. The summed E-state index contributed by atoms with van der Waals surface area (Å²) in [6.45, 7) is 5.23. The Morgan fingerprint density at radius 3 is 3.00 bits per heavy atom. The van der Waals surface area contributed by atoms with E-state index in [1.807, 2.05) is 12.3 Å². The van der Waals surface area contributed by atoms with Crippen LogP contribution in [0.5, 0.6) is 0 Å². The first kappa shape index (κ1) is 13.3. The molecule has 0 spiro atoms. The minimum Gasteiger partial charge on any atom is -0.438 e. The lowest BCUT2D eigenvalue weighted by Crippen LogP contribution is -2.43. The second-order valence-electron chi connectivity index (χ2n) is 4.65. The Morgan fingerprint density at radius 2 is 2.35 bits per heavy atom. The van der Waals surface area contributed by atoms with E-state index in [-0.39, 0.29) is 11.9 Å². The van der Waals surface area contributed by atoms with Gasteiger partial charge in [0, 0.05) is 11.9 Å². The first-order valence-corrected chi connectivity index (χ1v) is 7.25. The van der Waals surface area contributed by atoms with E-state index >= 15 is 0 Å². The monoisotopic (exact) mass is 293 g/mol. The van der Waals surface area contributed by atoms with Crippen molar-refractivity contribution in [1.82, 2.24) is 14.9 Å². The van der Waals surface area contributed by atoms with Crippen molar-refractivity contribution in [2.45, 2.75) is 19.9 Å². The van der Waals surface area contributed by atoms with E-state index in [0.29, 0.717) is 31.2 Å². The molecule has 2 aromatic heterocycles. The zero-order valence-electron chi connectivity index (χ0n) is 11.3. The molecule has 0 radical (unpaired) electrons. The first-order chi connectivity index (χ1) is 9.66. The highest BCUT2D eigenvalue weighted by molar-refractivity contribution is 7.09. The standard InChI is InChI=1S/C13H15N3O3S/c1-8-12(19-7-14-8)13(17)16-3-4-18-5-11(16)10-6-20-9(2)15-10/h6-7,11H,3-5H2,1-2H3. The van der Waals surface area contributed by atoms with E-state index in [1.54, 1.807) is 23.2 Å². The van der Waals surface area contributed by atoms with Crippen molar-refractivity contribution in [2.75, 3.05) is 19.8 Å². The zero-order chi connectivity index (χ0) is 14.1. The maximum absolute atomic E-state index is 12.6. The van der Waals surface area contributed by atoms with Crippen molar-refractivity contribution in [3.63, 3.8) is 0 Å². The van der Waals surface area contributed by atoms with Crippen LogP contribution in [0.15, 0.2) is 16.2 Å². The molecule has 1 unspecified atom stereocenters. The summed E-state index contributed by atoms with van der Waals surface area (Å²) in [4.78, 5) is 22.8. The lowest BCUT2D eigenvalue weighted by Gasteiger charge is -2.34. The smallest absolute Gasteiger partial charge is 0.292 e. The predicted octanol–water partition coefficient (Wildman–Crippen LogP) is 1.96. The maximum Gasteiger partial charge on any atom is 0.292 e. The van der Waals surface area contributed by atoms with Gasteiger partial charge in [0.15, 0.2) is 6.39 Å². The van der Waals surface area contributed by atoms with Crippen molar-refractivity contribution in [2.24, 2.45) is 0 Å². The molecule has 3 heterocycles. The highest BCUT2D eigenvalue weighted by Crippen LogP contribution is 2.27. The summed E-state index contributed by atoms with van der Waals surface area (Å²) in [5, 5.41) is 2.95. The van der Waals surface area contributed by atoms with Crippen LogP contribution in [0.25, 0.3) is 0 Å². The maximum atomic E-state index is 12.6. The third-order valence-electron chi connectivity index (χ3n) is 3.31. The van der Waals surface area contributed by atoms with Crippen LogP contribution in [-0.2, 0) is 4.74 Å². The molecule has 1 fully saturated rings. The summed E-state index contributed by atoms with van der Waals surface area (Å²) >= 11 is 1.57. The quantitative estimate of drug-likeness (QED) is 0.846. The molecule has 6 nitrogen and oxygen atoms in total. The molecule has 7 heteroatoms. The summed E-state index contributed by atoms with van der Waals surface area (Å²) in [5.41, 5.74) is 1.48. The molecule has 1 amide bonds. The number of carbonyl (C=O) groups excluding carboxylic acids is 1. The molecule has 0 aromatic carbocycles. The largest absolute Gasteiger partial charge is 0.438 e. The van der Waals surface area contributed by atoms with Gasteiger partial charge in [-0.3, -0.25) is 4.79 Å². The van der Waals surface area contributed by atoms with E-state index in [1.165, 1.54) is 6.39 Å². The Bertz CT molecular complexity index is 622. The highest BCUT2D eigenvalue weighted by atomic mass is 32.1.